The number of aromatic nitrogens is 1. The Balaban J connectivity index is 0.00000320. The van der Waals surface area contributed by atoms with E-state index in [2.05, 4.69) is 20.6 Å². The third-order valence-electron chi connectivity index (χ3n) is 4.00. The van der Waals surface area contributed by atoms with Crippen molar-refractivity contribution in [3.63, 3.8) is 0 Å². The Labute approximate surface area is 192 Å². The molecular weight excluding hydrogens is 539 g/mol. The molecule has 0 spiro atoms. The smallest absolute Gasteiger partial charge is 0.434 e. The second kappa shape index (κ2) is 11.1. The molecule has 6 nitrogen and oxygen atoms in total. The molecule has 12 heteroatoms. The largest absolute Gasteiger partial charge is 0.467 e. The van der Waals surface area contributed by atoms with E-state index in [-0.39, 0.29) is 48.1 Å². The molecule has 1 aliphatic heterocycles. The number of alkyl halides is 3. The van der Waals surface area contributed by atoms with Gasteiger partial charge in [0.2, 0.25) is 0 Å². The molecule has 0 fully saturated rings. The third-order valence-corrected chi connectivity index (χ3v) is 4.83. The number of ether oxygens (including phenoxy) is 2. The van der Waals surface area contributed by atoms with Gasteiger partial charge in [-0.25, -0.2) is 14.4 Å². The van der Waals surface area contributed by atoms with Gasteiger partial charge in [0.25, 0.3) is 0 Å². The molecule has 0 aliphatic carbocycles. The fourth-order valence-corrected chi connectivity index (χ4v) is 3.48. The van der Waals surface area contributed by atoms with Crippen LogP contribution in [0.2, 0.25) is 0 Å². The first-order chi connectivity index (χ1) is 13.9. The summed E-state index contributed by atoms with van der Waals surface area (Å²) >= 11 is 0.910. The summed E-state index contributed by atoms with van der Waals surface area (Å²) in [6.45, 7) is 3.32. The number of hydrogen-bond donors (Lipinski definition) is 2. The number of nitrogens with one attached hydrogen (secondary N) is 2. The van der Waals surface area contributed by atoms with Crippen LogP contribution in [-0.2, 0) is 30.5 Å². The minimum absolute atomic E-state index is 0. The van der Waals surface area contributed by atoms with Crippen molar-refractivity contribution in [2.45, 2.75) is 32.7 Å². The highest BCUT2D eigenvalue weighted by molar-refractivity contribution is 14.0. The molecule has 0 amide bonds. The lowest BCUT2D eigenvalue weighted by Crippen LogP contribution is -2.38. The molecular formula is C18H21F4IN4O2S. The van der Waals surface area contributed by atoms with Crippen LogP contribution in [0.25, 0.3) is 0 Å². The van der Waals surface area contributed by atoms with Gasteiger partial charge in [0.1, 0.15) is 16.6 Å². The Morgan fingerprint density at radius 3 is 2.80 bits per heavy atom. The fraction of sp³-hybridized carbons (Fsp3) is 0.444. The second-order valence-electron chi connectivity index (χ2n) is 6.16. The molecule has 0 saturated carbocycles. The predicted octanol–water partition coefficient (Wildman–Crippen LogP) is 4.08. The summed E-state index contributed by atoms with van der Waals surface area (Å²) in [6, 6.07) is 2.81. The highest BCUT2D eigenvalue weighted by Crippen LogP contribution is 2.30. The van der Waals surface area contributed by atoms with E-state index in [1.807, 2.05) is 6.92 Å². The van der Waals surface area contributed by atoms with Gasteiger partial charge in [-0.15, -0.1) is 35.3 Å². The first kappa shape index (κ1) is 24.6. The normalized spacial score (nSPS) is 13.8. The number of benzene rings is 1. The minimum atomic E-state index is -4.46. The van der Waals surface area contributed by atoms with Crippen molar-refractivity contribution in [2.24, 2.45) is 4.99 Å². The SMILES string of the molecule is CCNC(=NCc1nc(C(F)(F)F)cs1)NCCc1cc(F)cc2c1OCOC2.I. The first-order valence-electron chi connectivity index (χ1n) is 8.92. The second-order valence-corrected chi connectivity index (χ2v) is 7.10. The van der Waals surface area contributed by atoms with E-state index in [1.54, 1.807) is 0 Å². The van der Waals surface area contributed by atoms with Crippen molar-refractivity contribution < 1.29 is 27.0 Å². The van der Waals surface area contributed by atoms with Gasteiger partial charge in [0.05, 0.1) is 13.2 Å². The van der Waals surface area contributed by atoms with Crippen LogP contribution >= 0.6 is 35.3 Å². The van der Waals surface area contributed by atoms with Crippen molar-refractivity contribution in [3.8, 4) is 5.75 Å². The van der Waals surface area contributed by atoms with Crippen molar-refractivity contribution in [3.05, 3.63) is 45.2 Å². The fourth-order valence-electron chi connectivity index (χ4n) is 2.76. The van der Waals surface area contributed by atoms with Crippen molar-refractivity contribution in [1.82, 2.24) is 15.6 Å². The summed E-state index contributed by atoms with van der Waals surface area (Å²) in [5.74, 6) is 0.701. The lowest BCUT2D eigenvalue weighted by Gasteiger charge is -2.21. The molecule has 2 heterocycles. The van der Waals surface area contributed by atoms with E-state index in [4.69, 9.17) is 9.47 Å². The summed E-state index contributed by atoms with van der Waals surface area (Å²) < 4.78 is 62.4. The number of nitrogens with zero attached hydrogens (tertiary/aromatic N) is 2. The standard InChI is InChI=1S/C18H20F4N4O2S.HI/c1-2-23-17(25-7-15-26-14(9-29-15)18(20,21)22)24-4-3-11-5-13(19)6-12-8-27-10-28-16(11)12;/h5-6,9H,2-4,7-8,10H2,1H3,(H2,23,24,25);1H. The lowest BCUT2D eigenvalue weighted by atomic mass is 10.1. The first-order valence-corrected chi connectivity index (χ1v) is 9.80. The van der Waals surface area contributed by atoms with Crippen molar-refractivity contribution in [1.29, 1.82) is 0 Å². The number of halogens is 5. The summed E-state index contributed by atoms with van der Waals surface area (Å²) in [5.41, 5.74) is 0.461. The average molecular weight is 560 g/mol. The Bertz CT molecular complexity index is 876. The molecule has 0 bridgehead atoms. The summed E-state index contributed by atoms with van der Waals surface area (Å²) in [6.07, 6.45) is -3.99. The Morgan fingerprint density at radius 1 is 1.30 bits per heavy atom. The highest BCUT2D eigenvalue weighted by atomic mass is 127. The maximum Gasteiger partial charge on any atom is 0.434 e. The van der Waals surface area contributed by atoms with E-state index in [9.17, 15) is 17.6 Å². The molecule has 2 aromatic rings. The quantitative estimate of drug-likeness (QED) is 0.241. The average Bonchev–Trinajstić information content (AvgIpc) is 3.15. The number of aliphatic imine (C=N–C) groups is 1. The van der Waals surface area contributed by atoms with Gasteiger partial charge in [0, 0.05) is 24.0 Å². The molecule has 1 aromatic carbocycles. The van der Waals surface area contributed by atoms with Crippen LogP contribution in [0.1, 0.15) is 28.8 Å². The zero-order valence-corrected chi connectivity index (χ0v) is 19.2. The van der Waals surface area contributed by atoms with Crippen LogP contribution in [0, 0.1) is 5.82 Å². The summed E-state index contributed by atoms with van der Waals surface area (Å²) in [4.78, 5) is 7.83. The van der Waals surface area contributed by atoms with Crippen LogP contribution in [-0.4, -0.2) is 30.8 Å². The number of thiazole rings is 1. The number of hydrogen-bond acceptors (Lipinski definition) is 5. The van der Waals surface area contributed by atoms with Gasteiger partial charge in [-0.3, -0.25) is 0 Å². The zero-order valence-electron chi connectivity index (χ0n) is 16.0. The zero-order chi connectivity index (χ0) is 20.9. The van der Waals surface area contributed by atoms with Gasteiger partial charge in [0.15, 0.2) is 18.4 Å². The number of fused-ring (bicyclic) bond motifs is 1. The number of guanidine groups is 1. The van der Waals surface area contributed by atoms with Crippen LogP contribution in [0.5, 0.6) is 5.75 Å². The van der Waals surface area contributed by atoms with Crippen LogP contribution in [0.15, 0.2) is 22.5 Å². The van der Waals surface area contributed by atoms with Gasteiger partial charge in [-0.05, 0) is 31.0 Å². The van der Waals surface area contributed by atoms with Gasteiger partial charge < -0.3 is 20.1 Å². The van der Waals surface area contributed by atoms with Crippen LogP contribution < -0.4 is 15.4 Å². The van der Waals surface area contributed by atoms with Gasteiger partial charge in [-0.2, -0.15) is 13.2 Å². The topological polar surface area (TPSA) is 67.8 Å². The molecule has 166 valence electrons. The van der Waals surface area contributed by atoms with Gasteiger partial charge in [-0.1, -0.05) is 0 Å². The molecule has 0 atom stereocenters. The van der Waals surface area contributed by atoms with Crippen molar-refractivity contribution in [2.75, 3.05) is 19.9 Å². The Morgan fingerprint density at radius 2 is 2.10 bits per heavy atom. The molecule has 1 aliphatic rings. The van der Waals surface area contributed by atoms with E-state index in [1.165, 1.54) is 12.1 Å². The minimum Gasteiger partial charge on any atom is -0.467 e. The molecule has 3 rings (SSSR count). The molecule has 0 saturated heterocycles. The predicted molar refractivity (Wildman–Crippen MR) is 116 cm³/mol. The molecule has 1 aromatic heterocycles. The molecule has 0 unspecified atom stereocenters. The van der Waals surface area contributed by atoms with Crippen LogP contribution in [0.4, 0.5) is 17.6 Å². The maximum atomic E-state index is 13.8. The maximum absolute atomic E-state index is 13.8. The van der Waals surface area contributed by atoms with Crippen molar-refractivity contribution >= 4 is 41.3 Å². The Kier molecular flexibility index (Phi) is 9.09. The van der Waals surface area contributed by atoms with E-state index >= 15 is 0 Å². The summed E-state index contributed by atoms with van der Waals surface area (Å²) in [7, 11) is 0. The lowest BCUT2D eigenvalue weighted by molar-refractivity contribution is -0.140. The number of rotatable bonds is 6. The van der Waals surface area contributed by atoms with E-state index in [0.717, 1.165) is 16.7 Å². The molecule has 2 N–H and O–H groups in total. The molecule has 0 radical (unpaired) electrons. The monoisotopic (exact) mass is 560 g/mol. The highest BCUT2D eigenvalue weighted by Gasteiger charge is 2.33. The Hall–Kier alpha value is -1.67. The van der Waals surface area contributed by atoms with E-state index in [0.29, 0.717) is 49.0 Å². The third kappa shape index (κ3) is 6.67. The molecule has 30 heavy (non-hydrogen) atoms. The van der Waals surface area contributed by atoms with E-state index < -0.39 is 11.9 Å². The summed E-state index contributed by atoms with van der Waals surface area (Å²) in [5, 5.41) is 7.35. The van der Waals surface area contributed by atoms with Crippen LogP contribution in [0.3, 0.4) is 0 Å². The van der Waals surface area contributed by atoms with Gasteiger partial charge >= 0.3 is 6.18 Å².